The van der Waals surface area contributed by atoms with Gasteiger partial charge in [-0.05, 0) is 31.0 Å². The van der Waals surface area contributed by atoms with E-state index in [1.807, 2.05) is 4.72 Å². The van der Waals surface area contributed by atoms with Crippen LogP contribution in [0.5, 0.6) is 0 Å². The number of aliphatic hydroxyl groups is 3. The zero-order valence-electron chi connectivity index (χ0n) is 17.2. The topological polar surface area (TPSA) is 165 Å². The van der Waals surface area contributed by atoms with Gasteiger partial charge < -0.3 is 26.0 Å². The first kappa shape index (κ1) is 25.4. The molecular formula is C19H24F3N3O7S. The van der Waals surface area contributed by atoms with Crippen molar-refractivity contribution in [3.63, 3.8) is 0 Å². The van der Waals surface area contributed by atoms with E-state index in [9.17, 15) is 46.5 Å². The third-order valence-electron chi connectivity index (χ3n) is 5.70. The van der Waals surface area contributed by atoms with Gasteiger partial charge in [0.25, 0.3) is 5.91 Å². The maximum atomic E-state index is 12.9. The van der Waals surface area contributed by atoms with Gasteiger partial charge in [0.15, 0.2) is 0 Å². The van der Waals surface area contributed by atoms with Gasteiger partial charge in [-0.2, -0.15) is 13.2 Å². The van der Waals surface area contributed by atoms with Crippen LogP contribution in [-0.4, -0.2) is 72.0 Å². The lowest BCUT2D eigenvalue weighted by Gasteiger charge is -2.41. The van der Waals surface area contributed by atoms with Gasteiger partial charge in [-0.25, -0.2) is 13.1 Å². The van der Waals surface area contributed by atoms with Crippen molar-refractivity contribution < 1.29 is 46.5 Å². The first-order chi connectivity index (χ1) is 15.2. The van der Waals surface area contributed by atoms with Crippen LogP contribution in [0.2, 0.25) is 0 Å². The van der Waals surface area contributed by atoms with Gasteiger partial charge in [-0.3, -0.25) is 9.59 Å². The predicted molar refractivity (Wildman–Crippen MR) is 106 cm³/mol. The molecule has 1 aliphatic heterocycles. The molecule has 2 fully saturated rings. The molecule has 1 aromatic rings. The molecule has 0 radical (unpaired) electrons. The van der Waals surface area contributed by atoms with E-state index in [2.05, 4.69) is 10.6 Å². The van der Waals surface area contributed by atoms with Crippen LogP contribution in [0.15, 0.2) is 29.2 Å². The van der Waals surface area contributed by atoms with Crippen LogP contribution in [0.4, 0.5) is 13.2 Å². The van der Waals surface area contributed by atoms with Gasteiger partial charge in [-0.15, -0.1) is 0 Å². The SMILES string of the molecule is O=C1NCCC[C@H]1NC(=O)[C@@]1(O)C[C@@H](O)[C@H](O)[C@H](NS(=O)(=O)c2cccc(C(F)(F)F)c2)C1. The quantitative estimate of drug-likeness (QED) is 0.305. The molecule has 3 rings (SSSR count). The number of hydrogen-bond donors (Lipinski definition) is 6. The normalized spacial score (nSPS) is 31.0. The van der Waals surface area contributed by atoms with Crippen molar-refractivity contribution in [3.8, 4) is 0 Å². The Labute approximate surface area is 187 Å². The van der Waals surface area contributed by atoms with Gasteiger partial charge in [0, 0.05) is 19.4 Å². The molecule has 2 amide bonds. The van der Waals surface area contributed by atoms with Crippen molar-refractivity contribution in [2.75, 3.05) is 6.54 Å². The van der Waals surface area contributed by atoms with Gasteiger partial charge >= 0.3 is 6.18 Å². The largest absolute Gasteiger partial charge is 0.416 e. The highest BCUT2D eigenvalue weighted by molar-refractivity contribution is 7.89. The number of nitrogens with one attached hydrogen (secondary N) is 3. The van der Waals surface area contributed by atoms with Gasteiger partial charge in [0.1, 0.15) is 11.6 Å². The molecule has 1 aromatic carbocycles. The third-order valence-corrected chi connectivity index (χ3v) is 7.19. The van der Waals surface area contributed by atoms with Crippen LogP contribution >= 0.6 is 0 Å². The number of benzene rings is 1. The van der Waals surface area contributed by atoms with E-state index in [4.69, 9.17) is 0 Å². The van der Waals surface area contributed by atoms with Crippen LogP contribution in [0.1, 0.15) is 31.2 Å². The van der Waals surface area contributed by atoms with Crippen molar-refractivity contribution >= 4 is 21.8 Å². The number of alkyl halides is 3. The minimum Gasteiger partial charge on any atom is -0.390 e. The standard InChI is InChI=1S/C19H24F3N3O7S/c20-19(21,22)10-3-1-4-11(7-10)33(31,32)25-13-8-18(30,9-14(26)15(13)27)17(29)24-12-5-2-6-23-16(12)28/h1,3-4,7,12-15,25-27,30H,2,5-6,8-9H2,(H,23,28)(H,24,29)/t12-,13-,14-,15-,18+/m1/s1. The Kier molecular flexibility index (Phi) is 7.05. The van der Waals surface area contributed by atoms with E-state index in [0.29, 0.717) is 31.5 Å². The number of hydrogen-bond acceptors (Lipinski definition) is 7. The van der Waals surface area contributed by atoms with Crippen molar-refractivity contribution in [1.82, 2.24) is 15.4 Å². The number of halogens is 3. The summed E-state index contributed by atoms with van der Waals surface area (Å²) in [5, 5.41) is 36.1. The summed E-state index contributed by atoms with van der Waals surface area (Å²) in [6, 6.07) is 0.340. The Balaban J connectivity index is 1.79. The highest BCUT2D eigenvalue weighted by atomic mass is 32.2. The zero-order valence-corrected chi connectivity index (χ0v) is 18.0. The van der Waals surface area contributed by atoms with Gasteiger partial charge in [0.2, 0.25) is 15.9 Å². The summed E-state index contributed by atoms with van der Waals surface area (Å²) < 4.78 is 66.1. The maximum absolute atomic E-state index is 12.9. The van der Waals surface area contributed by atoms with Crippen LogP contribution in [0.25, 0.3) is 0 Å². The number of amides is 2. The molecule has 10 nitrogen and oxygen atoms in total. The number of rotatable bonds is 5. The van der Waals surface area contributed by atoms with Crippen molar-refractivity contribution in [1.29, 1.82) is 0 Å². The zero-order chi connectivity index (χ0) is 24.6. The van der Waals surface area contributed by atoms with E-state index >= 15 is 0 Å². The molecular weight excluding hydrogens is 471 g/mol. The van der Waals surface area contributed by atoms with E-state index in [1.54, 1.807) is 0 Å². The van der Waals surface area contributed by atoms with Crippen LogP contribution in [0.3, 0.4) is 0 Å². The number of carbonyl (C=O) groups is 2. The lowest BCUT2D eigenvalue weighted by atomic mass is 9.78. The van der Waals surface area contributed by atoms with E-state index < -0.39 is 81.2 Å². The smallest absolute Gasteiger partial charge is 0.390 e. The summed E-state index contributed by atoms with van der Waals surface area (Å²) in [6.45, 7) is 0.430. The molecule has 1 saturated heterocycles. The number of aliphatic hydroxyl groups excluding tert-OH is 2. The second kappa shape index (κ2) is 9.18. The van der Waals surface area contributed by atoms with Crippen LogP contribution in [-0.2, 0) is 25.8 Å². The minimum absolute atomic E-state index is 0.310. The summed E-state index contributed by atoms with van der Waals surface area (Å²) >= 11 is 0. The monoisotopic (exact) mass is 495 g/mol. The highest BCUT2D eigenvalue weighted by Gasteiger charge is 2.50. The Morgan fingerprint density at radius 2 is 1.91 bits per heavy atom. The molecule has 2 aliphatic rings. The minimum atomic E-state index is -4.80. The highest BCUT2D eigenvalue weighted by Crippen LogP contribution is 2.33. The summed E-state index contributed by atoms with van der Waals surface area (Å²) in [6.07, 6.45) is -8.73. The molecule has 1 heterocycles. The summed E-state index contributed by atoms with van der Waals surface area (Å²) in [5.41, 5.74) is -3.56. The average Bonchev–Trinajstić information content (AvgIpc) is 2.72. The third kappa shape index (κ3) is 5.63. The Morgan fingerprint density at radius 3 is 2.55 bits per heavy atom. The van der Waals surface area contributed by atoms with Crippen molar-refractivity contribution in [2.45, 2.75) is 66.6 Å². The van der Waals surface area contributed by atoms with E-state index in [1.165, 1.54) is 0 Å². The molecule has 5 atom stereocenters. The Morgan fingerprint density at radius 1 is 1.21 bits per heavy atom. The molecule has 6 N–H and O–H groups in total. The summed E-state index contributed by atoms with van der Waals surface area (Å²) in [5.74, 6) is -1.50. The van der Waals surface area contributed by atoms with Crippen LogP contribution in [0, 0.1) is 0 Å². The fourth-order valence-corrected chi connectivity index (χ4v) is 5.21. The lowest BCUT2D eigenvalue weighted by molar-refractivity contribution is -0.159. The molecule has 0 unspecified atom stereocenters. The molecule has 0 bridgehead atoms. The number of sulfonamides is 1. The lowest BCUT2D eigenvalue weighted by Crippen LogP contribution is -2.64. The molecule has 14 heteroatoms. The number of carbonyl (C=O) groups excluding carboxylic acids is 2. The second-order valence-corrected chi connectivity index (χ2v) is 9.92. The first-order valence-corrected chi connectivity index (χ1v) is 11.6. The summed E-state index contributed by atoms with van der Waals surface area (Å²) in [4.78, 5) is 23.8. The predicted octanol–water partition coefficient (Wildman–Crippen LogP) is -1.01. The van der Waals surface area contributed by atoms with E-state index in [-0.39, 0.29) is 0 Å². The average molecular weight is 495 g/mol. The molecule has 1 saturated carbocycles. The molecule has 1 aliphatic carbocycles. The maximum Gasteiger partial charge on any atom is 0.416 e. The van der Waals surface area contributed by atoms with Gasteiger partial charge in [0.05, 0.1) is 28.7 Å². The Bertz CT molecular complexity index is 1020. The molecule has 33 heavy (non-hydrogen) atoms. The van der Waals surface area contributed by atoms with Crippen LogP contribution < -0.4 is 15.4 Å². The molecule has 184 valence electrons. The second-order valence-electron chi connectivity index (χ2n) is 8.21. The van der Waals surface area contributed by atoms with E-state index in [0.717, 1.165) is 12.1 Å². The molecule has 0 aromatic heterocycles. The number of piperidine rings is 1. The first-order valence-electron chi connectivity index (χ1n) is 10.1. The van der Waals surface area contributed by atoms with Gasteiger partial charge in [-0.1, -0.05) is 6.07 Å². The fraction of sp³-hybridized carbons (Fsp3) is 0.579. The fourth-order valence-electron chi connectivity index (χ4n) is 3.91. The molecule has 0 spiro atoms. The Hall–Kier alpha value is -2.26. The van der Waals surface area contributed by atoms with Crippen molar-refractivity contribution in [3.05, 3.63) is 29.8 Å². The van der Waals surface area contributed by atoms with Crippen molar-refractivity contribution in [2.24, 2.45) is 0 Å². The summed E-state index contributed by atoms with van der Waals surface area (Å²) in [7, 11) is -4.64.